The molecule has 26 heavy (non-hydrogen) atoms. The molecule has 0 radical (unpaired) electrons. The number of alkyl halides is 3. The van der Waals surface area contributed by atoms with Crippen LogP contribution >= 0.6 is 0 Å². The van der Waals surface area contributed by atoms with Crippen LogP contribution in [0.1, 0.15) is 0 Å². The van der Waals surface area contributed by atoms with E-state index in [2.05, 4.69) is 4.74 Å². The number of amides is 1. The average molecular weight is 394 g/mol. The van der Waals surface area contributed by atoms with Crippen LogP contribution in [0.3, 0.4) is 0 Å². The van der Waals surface area contributed by atoms with E-state index in [0.29, 0.717) is 0 Å². The van der Waals surface area contributed by atoms with Crippen molar-refractivity contribution in [3.05, 3.63) is 24.3 Å². The minimum Gasteiger partial charge on any atom is -0.406 e. The molecule has 11 heteroatoms. The molecule has 3 rings (SSSR count). The van der Waals surface area contributed by atoms with Gasteiger partial charge in [0.05, 0.1) is 30.1 Å². The van der Waals surface area contributed by atoms with Gasteiger partial charge in [0.1, 0.15) is 5.75 Å². The van der Waals surface area contributed by atoms with Crippen molar-refractivity contribution in [2.75, 3.05) is 33.4 Å². The molecule has 1 aromatic rings. The second-order valence-electron chi connectivity index (χ2n) is 6.18. The van der Waals surface area contributed by atoms with Gasteiger partial charge < -0.3 is 14.4 Å². The fourth-order valence-corrected chi connectivity index (χ4v) is 4.54. The Balaban J connectivity index is 1.85. The van der Waals surface area contributed by atoms with Crippen LogP contribution < -0.4 is 4.74 Å². The minimum atomic E-state index is -4.85. The lowest BCUT2D eigenvalue weighted by atomic mass is 10.1. The van der Waals surface area contributed by atoms with E-state index in [4.69, 9.17) is 4.74 Å². The molecule has 2 aliphatic heterocycles. The third-order valence-electron chi connectivity index (χ3n) is 4.41. The molecule has 2 aliphatic rings. The van der Waals surface area contributed by atoms with E-state index in [1.807, 2.05) is 0 Å². The standard InChI is InChI=1S/C15H17F3N2O5S/c1-19-11-7-20(6-10(14(19)21)8-24-9-11)26(22,23)13-4-2-12(3-5-13)25-15(16,17)18/h2-5,10-11H,6-9H2,1H3/t10-,11+/m1/s1. The molecule has 1 amide bonds. The predicted molar refractivity (Wildman–Crippen MR) is 82.8 cm³/mol. The lowest BCUT2D eigenvalue weighted by Gasteiger charge is -2.28. The molecule has 0 unspecified atom stereocenters. The van der Waals surface area contributed by atoms with Crippen molar-refractivity contribution in [2.24, 2.45) is 5.92 Å². The van der Waals surface area contributed by atoms with Gasteiger partial charge in [0, 0.05) is 20.1 Å². The predicted octanol–water partition coefficient (Wildman–Crippen LogP) is 1.06. The second-order valence-corrected chi connectivity index (χ2v) is 8.12. The van der Waals surface area contributed by atoms with Crippen molar-refractivity contribution in [2.45, 2.75) is 17.3 Å². The number of halogens is 3. The smallest absolute Gasteiger partial charge is 0.406 e. The van der Waals surface area contributed by atoms with E-state index in [1.54, 1.807) is 7.05 Å². The van der Waals surface area contributed by atoms with Gasteiger partial charge in [-0.15, -0.1) is 13.2 Å². The number of nitrogens with zero attached hydrogens (tertiary/aromatic N) is 2. The quantitative estimate of drug-likeness (QED) is 0.767. The van der Waals surface area contributed by atoms with Crippen LogP contribution in [0, 0.1) is 5.92 Å². The van der Waals surface area contributed by atoms with Gasteiger partial charge in [-0.25, -0.2) is 8.42 Å². The van der Waals surface area contributed by atoms with Gasteiger partial charge in [0.2, 0.25) is 15.9 Å². The lowest BCUT2D eigenvalue weighted by molar-refractivity contribution is -0.274. The molecule has 0 saturated carbocycles. The molecule has 0 N–H and O–H groups in total. The second kappa shape index (κ2) is 6.71. The van der Waals surface area contributed by atoms with Gasteiger partial charge in [-0.05, 0) is 24.3 Å². The highest BCUT2D eigenvalue weighted by atomic mass is 32.2. The summed E-state index contributed by atoms with van der Waals surface area (Å²) in [6.07, 6.45) is -4.85. The van der Waals surface area contributed by atoms with E-state index in [-0.39, 0.29) is 37.1 Å². The van der Waals surface area contributed by atoms with Crippen LogP contribution in [0.2, 0.25) is 0 Å². The molecule has 1 aromatic carbocycles. The SMILES string of the molecule is CN1C(=O)[C@H]2COC[C@@H]1CN(S(=O)(=O)c1ccc(OC(F)(F)F)cc1)C2. The van der Waals surface area contributed by atoms with Crippen molar-refractivity contribution in [1.82, 2.24) is 9.21 Å². The summed E-state index contributed by atoms with van der Waals surface area (Å²) in [5, 5.41) is 0. The minimum absolute atomic E-state index is 0.0389. The summed E-state index contributed by atoms with van der Waals surface area (Å²) in [6.45, 7) is 0.373. The molecule has 7 nitrogen and oxygen atoms in total. The number of rotatable bonds is 3. The van der Waals surface area contributed by atoms with Gasteiger partial charge in [-0.1, -0.05) is 0 Å². The molecule has 0 aliphatic carbocycles. The van der Waals surface area contributed by atoms with Gasteiger partial charge in [-0.3, -0.25) is 4.79 Å². The Bertz CT molecular complexity index is 781. The number of fused-ring (bicyclic) bond motifs is 3. The van der Waals surface area contributed by atoms with Crippen LogP contribution in [0.4, 0.5) is 13.2 Å². The topological polar surface area (TPSA) is 76.2 Å². The van der Waals surface area contributed by atoms with E-state index in [0.717, 1.165) is 24.3 Å². The molecule has 144 valence electrons. The largest absolute Gasteiger partial charge is 0.573 e. The number of benzene rings is 1. The third-order valence-corrected chi connectivity index (χ3v) is 6.25. The van der Waals surface area contributed by atoms with Crippen molar-refractivity contribution < 1.29 is 35.9 Å². The Labute approximate surface area is 148 Å². The Kier molecular flexibility index (Phi) is 4.88. The summed E-state index contributed by atoms with van der Waals surface area (Å²) >= 11 is 0. The molecule has 2 heterocycles. The van der Waals surface area contributed by atoms with Crippen molar-refractivity contribution in [1.29, 1.82) is 0 Å². The number of hydrogen-bond donors (Lipinski definition) is 0. The summed E-state index contributed by atoms with van der Waals surface area (Å²) in [7, 11) is -2.37. The number of likely N-dealkylation sites (N-methyl/N-ethyl adjacent to an activating group) is 1. The summed E-state index contributed by atoms with van der Waals surface area (Å²) in [5.74, 6) is -1.30. The first-order valence-electron chi connectivity index (χ1n) is 7.78. The van der Waals surface area contributed by atoms with Crippen LogP contribution in [0.15, 0.2) is 29.2 Å². The number of carbonyl (C=O) groups is 1. The molecule has 2 fully saturated rings. The van der Waals surface area contributed by atoms with Gasteiger partial charge in [0.25, 0.3) is 0 Å². The maximum absolute atomic E-state index is 12.9. The molecule has 0 aromatic heterocycles. The van der Waals surface area contributed by atoms with E-state index in [1.165, 1.54) is 9.21 Å². The number of carbonyl (C=O) groups excluding carboxylic acids is 1. The van der Waals surface area contributed by atoms with E-state index in [9.17, 15) is 26.4 Å². The monoisotopic (exact) mass is 394 g/mol. The first-order valence-corrected chi connectivity index (χ1v) is 9.22. The van der Waals surface area contributed by atoms with E-state index >= 15 is 0 Å². The first-order chi connectivity index (χ1) is 12.1. The molecule has 2 atom stereocenters. The zero-order chi connectivity index (χ0) is 19.1. The fourth-order valence-electron chi connectivity index (χ4n) is 3.02. The maximum Gasteiger partial charge on any atom is 0.573 e. The number of sulfonamides is 1. The molecular formula is C15H17F3N2O5S. The Hall–Kier alpha value is -1.85. The summed E-state index contributed by atoms with van der Waals surface area (Å²) in [4.78, 5) is 13.6. The van der Waals surface area contributed by atoms with Gasteiger partial charge in [-0.2, -0.15) is 4.31 Å². The molecule has 0 spiro atoms. The van der Waals surface area contributed by atoms with Gasteiger partial charge >= 0.3 is 6.36 Å². The Morgan fingerprint density at radius 2 is 1.81 bits per heavy atom. The maximum atomic E-state index is 12.9. The van der Waals surface area contributed by atoms with Crippen LogP contribution in [0.5, 0.6) is 5.75 Å². The zero-order valence-electron chi connectivity index (χ0n) is 13.8. The van der Waals surface area contributed by atoms with Gasteiger partial charge in [0.15, 0.2) is 0 Å². The molecule has 2 saturated heterocycles. The Morgan fingerprint density at radius 1 is 1.15 bits per heavy atom. The van der Waals surface area contributed by atoms with E-state index < -0.39 is 34.1 Å². The highest BCUT2D eigenvalue weighted by Gasteiger charge is 2.41. The molecular weight excluding hydrogens is 377 g/mol. The molecule has 2 bridgehead atoms. The zero-order valence-corrected chi connectivity index (χ0v) is 14.6. The van der Waals surface area contributed by atoms with Crippen molar-refractivity contribution >= 4 is 15.9 Å². The number of hydrogen-bond acceptors (Lipinski definition) is 5. The highest BCUT2D eigenvalue weighted by Crippen LogP contribution is 2.28. The van der Waals surface area contributed by atoms with Crippen molar-refractivity contribution in [3.8, 4) is 5.75 Å². The first kappa shape index (κ1) is 18.9. The normalized spacial score (nSPS) is 25.1. The van der Waals surface area contributed by atoms with Crippen LogP contribution in [-0.2, 0) is 19.6 Å². The average Bonchev–Trinajstić information content (AvgIpc) is 2.72. The third kappa shape index (κ3) is 3.79. The summed E-state index contributed by atoms with van der Waals surface area (Å²) < 4.78 is 72.8. The van der Waals surface area contributed by atoms with Crippen LogP contribution in [-0.4, -0.2) is 69.3 Å². The van der Waals surface area contributed by atoms with Crippen molar-refractivity contribution in [3.63, 3.8) is 0 Å². The highest BCUT2D eigenvalue weighted by molar-refractivity contribution is 7.89. The van der Waals surface area contributed by atoms with Crippen LogP contribution in [0.25, 0.3) is 0 Å². The summed E-state index contributed by atoms with van der Waals surface area (Å²) in [5.41, 5.74) is 0. The fraction of sp³-hybridized carbons (Fsp3) is 0.533. The Morgan fingerprint density at radius 3 is 2.42 bits per heavy atom. The summed E-state index contributed by atoms with van der Waals surface area (Å²) in [6, 6.07) is 3.58. The lowest BCUT2D eigenvalue weighted by Crippen LogP contribution is -2.45. The number of ether oxygens (including phenoxy) is 2.